The molecule has 0 radical (unpaired) electrons. The third-order valence-corrected chi connectivity index (χ3v) is 4.74. The van der Waals surface area contributed by atoms with Crippen molar-refractivity contribution in [1.82, 2.24) is 14.8 Å². The van der Waals surface area contributed by atoms with Crippen LogP contribution in [0.3, 0.4) is 0 Å². The van der Waals surface area contributed by atoms with Crippen molar-refractivity contribution in [2.45, 2.75) is 13.5 Å². The van der Waals surface area contributed by atoms with Crippen LogP contribution >= 0.6 is 0 Å². The van der Waals surface area contributed by atoms with Gasteiger partial charge >= 0.3 is 5.97 Å². The van der Waals surface area contributed by atoms with Crippen molar-refractivity contribution in [2.24, 2.45) is 5.34 Å². The van der Waals surface area contributed by atoms with Crippen LogP contribution in [0.2, 0.25) is 0 Å². The zero-order valence-corrected chi connectivity index (χ0v) is 16.6. The molecule has 0 atom stereocenters. The van der Waals surface area contributed by atoms with Gasteiger partial charge in [0.2, 0.25) is 0 Å². The minimum atomic E-state index is -0.979. The zero-order valence-electron chi connectivity index (χ0n) is 16.6. The van der Waals surface area contributed by atoms with Gasteiger partial charge in [-0.1, -0.05) is 48.5 Å². The Morgan fingerprint density at radius 2 is 1.74 bits per heavy atom. The molecule has 0 aliphatic heterocycles. The van der Waals surface area contributed by atoms with E-state index in [1.165, 1.54) is 6.20 Å². The van der Waals surface area contributed by atoms with Gasteiger partial charge in [0.1, 0.15) is 6.61 Å². The van der Waals surface area contributed by atoms with E-state index in [9.17, 15) is 9.70 Å². The van der Waals surface area contributed by atoms with Gasteiger partial charge in [-0.25, -0.2) is 14.5 Å². The van der Waals surface area contributed by atoms with Crippen LogP contribution in [-0.4, -0.2) is 20.7 Å². The summed E-state index contributed by atoms with van der Waals surface area (Å²) < 4.78 is 7.69. The van der Waals surface area contributed by atoms with Crippen molar-refractivity contribution in [2.75, 3.05) is 0 Å². The van der Waals surface area contributed by atoms with E-state index in [1.807, 2.05) is 73.8 Å². The number of benzene rings is 2. The summed E-state index contributed by atoms with van der Waals surface area (Å²) in [5, 5.41) is 6.62. The van der Waals surface area contributed by atoms with Crippen LogP contribution in [0.25, 0.3) is 16.8 Å². The topological polar surface area (TPSA) is 95.7 Å². The van der Waals surface area contributed by atoms with Crippen LogP contribution in [0.5, 0.6) is 5.75 Å². The summed E-state index contributed by atoms with van der Waals surface area (Å²) in [5.41, 5.74) is 3.91. The van der Waals surface area contributed by atoms with E-state index in [2.05, 4.69) is 20.3 Å². The Bertz CT molecular complexity index is 1210. The Labute approximate surface area is 178 Å². The van der Waals surface area contributed by atoms with Crippen LogP contribution in [0.4, 0.5) is 0 Å². The molecular formula is C23H18N4O4. The number of carbonyl (C=O) groups excluding carboxylic acids is 1. The average molecular weight is 414 g/mol. The van der Waals surface area contributed by atoms with E-state index >= 15 is 0 Å². The number of ether oxygens (including phenoxy) is 1. The number of aromatic nitrogens is 3. The molecule has 0 bridgehead atoms. The molecule has 8 heteroatoms. The maximum atomic E-state index is 12.2. The molecule has 2 heterocycles. The van der Waals surface area contributed by atoms with Crippen LogP contribution in [0.1, 0.15) is 21.6 Å². The quantitative estimate of drug-likeness (QED) is 0.322. The molecule has 0 spiro atoms. The van der Waals surface area contributed by atoms with Gasteiger partial charge in [-0.05, 0) is 24.6 Å². The molecule has 0 N–H and O–H groups in total. The molecule has 0 aliphatic carbocycles. The number of rotatable bonds is 7. The van der Waals surface area contributed by atoms with Crippen LogP contribution in [0.15, 0.2) is 84.6 Å². The lowest BCUT2D eigenvalue weighted by atomic mass is 10.0. The first-order valence-electron chi connectivity index (χ1n) is 9.48. The fourth-order valence-electron chi connectivity index (χ4n) is 3.19. The number of pyridine rings is 1. The zero-order chi connectivity index (χ0) is 21.6. The first-order chi connectivity index (χ1) is 15.2. The highest BCUT2D eigenvalue weighted by Gasteiger charge is 2.22. The van der Waals surface area contributed by atoms with Gasteiger partial charge in [0.15, 0.2) is 16.8 Å². The Hall–Kier alpha value is -4.33. The van der Waals surface area contributed by atoms with Gasteiger partial charge in [0, 0.05) is 29.1 Å². The molecular weight excluding hydrogens is 396 g/mol. The normalized spacial score (nSPS) is 10.5. The highest BCUT2D eigenvalue weighted by Crippen LogP contribution is 2.33. The summed E-state index contributed by atoms with van der Waals surface area (Å²) in [4.78, 5) is 31.1. The van der Waals surface area contributed by atoms with Gasteiger partial charge in [0.05, 0.1) is 11.9 Å². The van der Waals surface area contributed by atoms with E-state index in [4.69, 9.17) is 4.74 Å². The first kappa shape index (κ1) is 20.0. The largest absolute Gasteiger partial charge is 0.486 e. The Morgan fingerprint density at radius 3 is 2.45 bits per heavy atom. The predicted octanol–water partition coefficient (Wildman–Crippen LogP) is 4.66. The fraction of sp³-hybridized carbons (Fsp3) is 0.0870. The van der Waals surface area contributed by atoms with Crippen LogP contribution in [0, 0.1) is 11.8 Å². The molecule has 31 heavy (non-hydrogen) atoms. The smallest absolute Gasteiger partial charge is 0.391 e. The summed E-state index contributed by atoms with van der Waals surface area (Å²) in [6, 6.07) is 19.2. The van der Waals surface area contributed by atoms with Gasteiger partial charge in [-0.2, -0.15) is 5.10 Å². The molecule has 2 aromatic carbocycles. The molecule has 4 rings (SSSR count). The lowest BCUT2D eigenvalue weighted by molar-refractivity contribution is 0.0495. The predicted molar refractivity (Wildman–Crippen MR) is 114 cm³/mol. The van der Waals surface area contributed by atoms with Gasteiger partial charge in [0.25, 0.3) is 0 Å². The van der Waals surface area contributed by atoms with Crippen LogP contribution < -0.4 is 4.74 Å². The lowest BCUT2D eigenvalue weighted by Gasteiger charge is -2.14. The molecule has 0 amide bonds. The molecule has 8 nitrogen and oxygen atoms in total. The van der Waals surface area contributed by atoms with Crippen molar-refractivity contribution in [3.05, 3.63) is 101 Å². The van der Waals surface area contributed by atoms with Crippen molar-refractivity contribution in [3.63, 3.8) is 0 Å². The van der Waals surface area contributed by atoms with Crippen molar-refractivity contribution >= 4 is 5.97 Å². The number of hydrogen-bond acceptors (Lipinski definition) is 7. The molecule has 2 aromatic heterocycles. The molecule has 0 saturated heterocycles. The minimum Gasteiger partial charge on any atom is -0.486 e. The third kappa shape index (κ3) is 4.32. The third-order valence-electron chi connectivity index (χ3n) is 4.74. The summed E-state index contributed by atoms with van der Waals surface area (Å²) in [6.07, 6.45) is 5.10. The molecule has 0 saturated carbocycles. The minimum absolute atomic E-state index is 0.118. The van der Waals surface area contributed by atoms with Gasteiger partial charge < -0.3 is 4.74 Å². The van der Waals surface area contributed by atoms with Gasteiger partial charge in [-0.15, -0.1) is 4.91 Å². The van der Waals surface area contributed by atoms with Crippen molar-refractivity contribution in [3.8, 4) is 22.6 Å². The summed E-state index contributed by atoms with van der Waals surface area (Å²) >= 11 is 0. The maximum Gasteiger partial charge on any atom is 0.391 e. The van der Waals surface area contributed by atoms with E-state index in [1.54, 1.807) is 10.9 Å². The summed E-state index contributed by atoms with van der Waals surface area (Å²) in [7, 11) is 0. The van der Waals surface area contributed by atoms with Gasteiger partial charge in [-0.3, -0.25) is 4.84 Å². The van der Waals surface area contributed by atoms with E-state index < -0.39 is 5.97 Å². The SMILES string of the molecule is Cc1c(-c2cnn(-c3ccccc3)c2)cnc(C(=O)ON=O)c1OCc1ccccc1. The number of hydrogen-bond donors (Lipinski definition) is 0. The summed E-state index contributed by atoms with van der Waals surface area (Å²) in [6.45, 7) is 2.02. The standard InChI is InChI=1S/C23H18N4O4/c1-16-20(18-12-25-27(14-18)19-10-6-3-7-11-19)13-24-21(23(28)31-26-29)22(16)30-15-17-8-4-2-5-9-17/h2-14H,15H2,1H3. The Balaban J connectivity index is 1.71. The fourth-order valence-corrected chi connectivity index (χ4v) is 3.19. The summed E-state index contributed by atoms with van der Waals surface area (Å²) in [5.74, 6) is -0.754. The number of para-hydroxylation sites is 1. The number of carbonyl (C=O) groups is 1. The second-order valence-corrected chi connectivity index (χ2v) is 6.71. The molecule has 154 valence electrons. The molecule has 0 aliphatic rings. The van der Waals surface area contributed by atoms with E-state index in [0.29, 0.717) is 5.56 Å². The highest BCUT2D eigenvalue weighted by atomic mass is 16.7. The molecule has 0 unspecified atom stereocenters. The maximum absolute atomic E-state index is 12.2. The van der Waals surface area contributed by atoms with E-state index in [-0.39, 0.29) is 18.1 Å². The highest BCUT2D eigenvalue weighted by molar-refractivity contribution is 5.92. The van der Waals surface area contributed by atoms with E-state index in [0.717, 1.165) is 22.4 Å². The Kier molecular flexibility index (Phi) is 5.79. The second-order valence-electron chi connectivity index (χ2n) is 6.71. The molecule has 0 fully saturated rings. The Morgan fingerprint density at radius 1 is 1.03 bits per heavy atom. The molecule has 4 aromatic rings. The average Bonchev–Trinajstić information content (AvgIpc) is 3.29. The second kappa shape index (κ2) is 9.00. The van der Waals surface area contributed by atoms with Crippen molar-refractivity contribution in [1.29, 1.82) is 0 Å². The monoisotopic (exact) mass is 414 g/mol. The van der Waals surface area contributed by atoms with Crippen LogP contribution in [-0.2, 0) is 11.4 Å². The first-order valence-corrected chi connectivity index (χ1v) is 9.48. The lowest BCUT2D eigenvalue weighted by Crippen LogP contribution is -2.10. The van der Waals surface area contributed by atoms with Crippen molar-refractivity contribution < 1.29 is 14.4 Å². The number of nitrogens with zero attached hydrogens (tertiary/aromatic N) is 4.